The summed E-state index contributed by atoms with van der Waals surface area (Å²) in [5.41, 5.74) is 0.526. The third kappa shape index (κ3) is 5.25. The second kappa shape index (κ2) is 8.49. The summed E-state index contributed by atoms with van der Waals surface area (Å²) in [5, 5.41) is 2.92. The van der Waals surface area contributed by atoms with E-state index in [4.69, 9.17) is 4.42 Å². The second-order valence-electron chi connectivity index (χ2n) is 5.39. The number of nitrogens with zero attached hydrogens (tertiary/aromatic N) is 1. The minimum atomic E-state index is -0.0885. The molecule has 0 unspecified atom stereocenters. The quantitative estimate of drug-likeness (QED) is 0.802. The highest BCUT2D eigenvalue weighted by Crippen LogP contribution is 2.12. The molecule has 2 amide bonds. The number of furan rings is 1. The van der Waals surface area contributed by atoms with E-state index in [2.05, 4.69) is 5.32 Å². The number of hydrogen-bond acceptors (Lipinski definition) is 3. The maximum atomic E-state index is 12.4. The van der Waals surface area contributed by atoms with Gasteiger partial charge in [-0.3, -0.25) is 9.59 Å². The number of nitrogens with one attached hydrogen (secondary N) is 1. The molecule has 0 fully saturated rings. The molecule has 0 aliphatic carbocycles. The van der Waals surface area contributed by atoms with Gasteiger partial charge >= 0.3 is 0 Å². The fourth-order valence-corrected chi connectivity index (χ4v) is 1.97. The fourth-order valence-electron chi connectivity index (χ4n) is 1.97. The lowest BCUT2D eigenvalue weighted by Gasteiger charge is -2.28. The minimum Gasteiger partial charge on any atom is -0.472 e. The first-order valence-corrected chi connectivity index (χ1v) is 7.62. The van der Waals surface area contributed by atoms with Crippen molar-refractivity contribution in [1.82, 2.24) is 10.2 Å². The monoisotopic (exact) mass is 294 g/mol. The van der Waals surface area contributed by atoms with Crippen molar-refractivity contribution in [2.75, 3.05) is 6.54 Å². The van der Waals surface area contributed by atoms with Crippen LogP contribution in [0.3, 0.4) is 0 Å². The predicted molar refractivity (Wildman–Crippen MR) is 82.0 cm³/mol. The van der Waals surface area contributed by atoms with Gasteiger partial charge in [0.15, 0.2) is 0 Å². The first-order chi connectivity index (χ1) is 9.99. The third-order valence-corrected chi connectivity index (χ3v) is 3.75. The van der Waals surface area contributed by atoms with Crippen LogP contribution < -0.4 is 5.32 Å². The molecule has 0 radical (unpaired) electrons. The lowest BCUT2D eigenvalue weighted by molar-refractivity contribution is -0.121. The SMILES string of the molecule is CC[C@@H](C)NC(=O)CCN(C(=O)c1ccoc1)[C@@H](C)CC. The summed E-state index contributed by atoms with van der Waals surface area (Å²) >= 11 is 0. The Morgan fingerprint density at radius 1 is 1.29 bits per heavy atom. The van der Waals surface area contributed by atoms with Gasteiger partial charge in [0.25, 0.3) is 5.91 Å². The van der Waals surface area contributed by atoms with Crippen LogP contribution >= 0.6 is 0 Å². The van der Waals surface area contributed by atoms with Crippen LogP contribution in [0.2, 0.25) is 0 Å². The van der Waals surface area contributed by atoms with Gasteiger partial charge < -0.3 is 14.6 Å². The highest BCUT2D eigenvalue weighted by Gasteiger charge is 2.22. The van der Waals surface area contributed by atoms with E-state index in [0.29, 0.717) is 18.5 Å². The summed E-state index contributed by atoms with van der Waals surface area (Å²) in [7, 11) is 0. The third-order valence-electron chi connectivity index (χ3n) is 3.75. The van der Waals surface area contributed by atoms with Gasteiger partial charge in [-0.1, -0.05) is 13.8 Å². The lowest BCUT2D eigenvalue weighted by Crippen LogP contribution is -2.41. The molecule has 1 rings (SSSR count). The molecule has 0 aliphatic heterocycles. The van der Waals surface area contributed by atoms with Gasteiger partial charge in [-0.2, -0.15) is 0 Å². The van der Waals surface area contributed by atoms with E-state index in [-0.39, 0.29) is 23.9 Å². The maximum absolute atomic E-state index is 12.4. The van der Waals surface area contributed by atoms with Gasteiger partial charge in [0.2, 0.25) is 5.91 Å². The average Bonchev–Trinajstić information content (AvgIpc) is 3.00. The summed E-state index contributed by atoms with van der Waals surface area (Å²) in [6.45, 7) is 8.44. The zero-order valence-corrected chi connectivity index (χ0v) is 13.4. The molecule has 0 saturated heterocycles. The molecule has 0 spiro atoms. The lowest BCUT2D eigenvalue weighted by atomic mass is 10.1. The van der Waals surface area contributed by atoms with Gasteiger partial charge in [-0.15, -0.1) is 0 Å². The van der Waals surface area contributed by atoms with Crippen molar-refractivity contribution in [1.29, 1.82) is 0 Å². The smallest absolute Gasteiger partial charge is 0.257 e. The number of carbonyl (C=O) groups excluding carboxylic acids is 2. The van der Waals surface area contributed by atoms with E-state index in [9.17, 15) is 9.59 Å². The Morgan fingerprint density at radius 2 is 2.00 bits per heavy atom. The molecule has 5 nitrogen and oxygen atoms in total. The summed E-state index contributed by atoms with van der Waals surface area (Å²) in [5.74, 6) is -0.105. The molecule has 0 saturated carbocycles. The van der Waals surface area contributed by atoms with Crippen molar-refractivity contribution in [3.63, 3.8) is 0 Å². The molecular formula is C16H26N2O3. The Morgan fingerprint density at radius 3 is 2.52 bits per heavy atom. The second-order valence-corrected chi connectivity index (χ2v) is 5.39. The van der Waals surface area contributed by atoms with E-state index in [0.717, 1.165) is 12.8 Å². The summed E-state index contributed by atoms with van der Waals surface area (Å²) < 4.78 is 4.97. The van der Waals surface area contributed by atoms with Gasteiger partial charge in [0, 0.05) is 25.0 Å². The molecule has 1 N–H and O–H groups in total. The first-order valence-electron chi connectivity index (χ1n) is 7.62. The molecule has 2 atom stereocenters. The number of carbonyl (C=O) groups is 2. The van der Waals surface area contributed by atoms with E-state index in [1.54, 1.807) is 11.0 Å². The molecule has 0 aromatic carbocycles. The largest absolute Gasteiger partial charge is 0.472 e. The van der Waals surface area contributed by atoms with Gasteiger partial charge in [-0.25, -0.2) is 0 Å². The maximum Gasteiger partial charge on any atom is 0.257 e. The number of hydrogen-bond donors (Lipinski definition) is 1. The highest BCUT2D eigenvalue weighted by atomic mass is 16.3. The standard InChI is InChI=1S/C16H26N2O3/c1-5-12(3)17-15(19)7-9-18(13(4)6-2)16(20)14-8-10-21-11-14/h8,10-13H,5-7,9H2,1-4H3,(H,17,19)/t12-,13+/m1/s1. The predicted octanol–water partition coefficient (Wildman–Crippen LogP) is 2.83. The molecule has 0 aliphatic rings. The minimum absolute atomic E-state index is 0.0161. The Labute approximate surface area is 126 Å². The zero-order chi connectivity index (χ0) is 15.8. The van der Waals surface area contributed by atoms with Crippen molar-refractivity contribution in [3.8, 4) is 0 Å². The van der Waals surface area contributed by atoms with Crippen LogP contribution in [0.25, 0.3) is 0 Å². The Balaban J connectivity index is 2.63. The van der Waals surface area contributed by atoms with Crippen LogP contribution in [-0.4, -0.2) is 35.3 Å². The average molecular weight is 294 g/mol. The Hall–Kier alpha value is -1.78. The first kappa shape index (κ1) is 17.3. The van der Waals surface area contributed by atoms with Crippen LogP contribution in [0.15, 0.2) is 23.0 Å². The van der Waals surface area contributed by atoms with Crippen molar-refractivity contribution >= 4 is 11.8 Å². The summed E-state index contributed by atoms with van der Waals surface area (Å²) in [4.78, 5) is 26.0. The van der Waals surface area contributed by atoms with E-state index < -0.39 is 0 Å². The van der Waals surface area contributed by atoms with Crippen LogP contribution in [-0.2, 0) is 4.79 Å². The summed E-state index contributed by atoms with van der Waals surface area (Å²) in [6, 6.07) is 1.90. The molecular weight excluding hydrogens is 268 g/mol. The number of amides is 2. The molecule has 21 heavy (non-hydrogen) atoms. The van der Waals surface area contributed by atoms with E-state index >= 15 is 0 Å². The van der Waals surface area contributed by atoms with Crippen LogP contribution in [0.1, 0.15) is 57.3 Å². The number of rotatable bonds is 8. The van der Waals surface area contributed by atoms with Crippen molar-refractivity contribution in [2.24, 2.45) is 0 Å². The zero-order valence-electron chi connectivity index (χ0n) is 13.4. The van der Waals surface area contributed by atoms with Crippen LogP contribution in [0, 0.1) is 0 Å². The fraction of sp³-hybridized carbons (Fsp3) is 0.625. The Bertz CT molecular complexity index is 442. The van der Waals surface area contributed by atoms with Gasteiger partial charge in [0.1, 0.15) is 6.26 Å². The van der Waals surface area contributed by atoms with Crippen LogP contribution in [0.5, 0.6) is 0 Å². The van der Waals surface area contributed by atoms with Gasteiger partial charge in [-0.05, 0) is 32.8 Å². The molecule has 5 heteroatoms. The molecule has 1 aromatic rings. The highest BCUT2D eigenvalue weighted by molar-refractivity contribution is 5.94. The molecule has 1 heterocycles. The molecule has 118 valence electrons. The van der Waals surface area contributed by atoms with Gasteiger partial charge in [0.05, 0.1) is 11.8 Å². The van der Waals surface area contributed by atoms with E-state index in [1.807, 2.05) is 27.7 Å². The topological polar surface area (TPSA) is 62.6 Å². The molecule has 0 bridgehead atoms. The normalized spacial score (nSPS) is 13.5. The Kier molecular flexibility index (Phi) is 6.99. The van der Waals surface area contributed by atoms with E-state index in [1.165, 1.54) is 12.5 Å². The summed E-state index contributed by atoms with van der Waals surface area (Å²) in [6.07, 6.45) is 4.98. The van der Waals surface area contributed by atoms with Crippen molar-refractivity contribution in [3.05, 3.63) is 24.2 Å². The molecule has 1 aromatic heterocycles. The van der Waals surface area contributed by atoms with Crippen LogP contribution in [0.4, 0.5) is 0 Å². The van der Waals surface area contributed by atoms with Crippen molar-refractivity contribution in [2.45, 2.75) is 59.0 Å². The van der Waals surface area contributed by atoms with Crippen molar-refractivity contribution < 1.29 is 14.0 Å².